The first-order chi connectivity index (χ1) is 13.5. The molecule has 8 nitrogen and oxygen atoms in total. The van der Waals surface area contributed by atoms with Crippen LogP contribution in [0.15, 0.2) is 23.8 Å². The zero-order valence-corrected chi connectivity index (χ0v) is 16.7. The van der Waals surface area contributed by atoms with Gasteiger partial charge in [0, 0.05) is 24.2 Å². The molecule has 2 aliphatic carbocycles. The summed E-state index contributed by atoms with van der Waals surface area (Å²) >= 11 is 0. The second kappa shape index (κ2) is 6.40. The largest absolute Gasteiger partial charge is 0.469 e. The number of methoxy groups -OCH3 is 1. The summed E-state index contributed by atoms with van der Waals surface area (Å²) < 4.78 is 16.1. The van der Waals surface area contributed by atoms with Gasteiger partial charge in [0.2, 0.25) is 0 Å². The summed E-state index contributed by atoms with van der Waals surface area (Å²) in [6.45, 7) is 7.30. The third-order valence-electron chi connectivity index (χ3n) is 7.03. The Kier molecular flexibility index (Phi) is 4.44. The average molecular weight is 406 g/mol. The topological polar surface area (TPSA) is 119 Å². The molecule has 1 saturated carbocycles. The van der Waals surface area contributed by atoms with Gasteiger partial charge < -0.3 is 24.4 Å². The number of allylic oxidation sites excluding steroid dienone is 1. The Morgan fingerprint density at radius 2 is 2.14 bits per heavy atom. The van der Waals surface area contributed by atoms with Gasteiger partial charge in [-0.25, -0.2) is 0 Å². The third kappa shape index (κ3) is 2.69. The lowest BCUT2D eigenvalue weighted by Gasteiger charge is -2.50. The van der Waals surface area contributed by atoms with Crippen LogP contribution in [0.2, 0.25) is 0 Å². The van der Waals surface area contributed by atoms with E-state index in [4.69, 9.17) is 14.2 Å². The molecule has 2 saturated heterocycles. The number of fused-ring (bicyclic) bond motifs is 1. The second-order valence-corrected chi connectivity index (χ2v) is 8.91. The van der Waals surface area contributed by atoms with Crippen LogP contribution < -0.4 is 0 Å². The molecule has 8 heteroatoms. The minimum absolute atomic E-state index is 0.0889. The van der Waals surface area contributed by atoms with E-state index < -0.39 is 65.0 Å². The molecule has 3 fully saturated rings. The van der Waals surface area contributed by atoms with Crippen LogP contribution in [0.4, 0.5) is 0 Å². The lowest BCUT2D eigenvalue weighted by molar-refractivity contribution is -0.173. The van der Waals surface area contributed by atoms with Gasteiger partial charge in [-0.2, -0.15) is 0 Å². The lowest BCUT2D eigenvalue weighted by Crippen LogP contribution is -2.60. The summed E-state index contributed by atoms with van der Waals surface area (Å²) in [4.78, 5) is 36.9. The molecule has 8 unspecified atom stereocenters. The number of aliphatic hydroxyl groups is 2. The number of ether oxygens (including phenoxy) is 3. The first-order valence-electron chi connectivity index (χ1n) is 9.80. The van der Waals surface area contributed by atoms with Crippen molar-refractivity contribution in [3.8, 4) is 0 Å². The second-order valence-electron chi connectivity index (χ2n) is 8.91. The van der Waals surface area contributed by atoms with Gasteiger partial charge in [0.25, 0.3) is 0 Å². The van der Waals surface area contributed by atoms with Crippen molar-refractivity contribution in [3.05, 3.63) is 23.8 Å². The molecule has 4 aliphatic rings. The summed E-state index contributed by atoms with van der Waals surface area (Å²) in [7, 11) is 1.27. The van der Waals surface area contributed by atoms with Gasteiger partial charge in [0.1, 0.15) is 12.2 Å². The maximum absolute atomic E-state index is 12.5. The van der Waals surface area contributed by atoms with E-state index in [-0.39, 0.29) is 19.3 Å². The highest BCUT2D eigenvalue weighted by atomic mass is 16.6. The Bertz CT molecular complexity index is 827. The van der Waals surface area contributed by atoms with Gasteiger partial charge in [-0.05, 0) is 19.4 Å². The third-order valence-corrected chi connectivity index (χ3v) is 7.03. The minimum atomic E-state index is -1.55. The number of aliphatic hydroxyl groups excluding tert-OH is 1. The van der Waals surface area contributed by atoms with Gasteiger partial charge in [-0.15, -0.1) is 0 Å². The van der Waals surface area contributed by atoms with E-state index in [1.807, 2.05) is 0 Å². The molecule has 2 N–H and O–H groups in total. The Balaban J connectivity index is 1.93. The van der Waals surface area contributed by atoms with E-state index in [1.165, 1.54) is 7.11 Å². The Labute approximate surface area is 168 Å². The van der Waals surface area contributed by atoms with Crippen LogP contribution in [-0.2, 0) is 28.6 Å². The minimum Gasteiger partial charge on any atom is -0.469 e. The van der Waals surface area contributed by atoms with Crippen molar-refractivity contribution in [3.63, 3.8) is 0 Å². The van der Waals surface area contributed by atoms with Crippen molar-refractivity contribution in [2.45, 2.75) is 56.5 Å². The molecule has 0 aromatic carbocycles. The predicted molar refractivity (Wildman–Crippen MR) is 98.1 cm³/mol. The quantitative estimate of drug-likeness (QED) is 0.397. The van der Waals surface area contributed by atoms with Crippen LogP contribution >= 0.6 is 0 Å². The SMILES string of the molecule is C=C(C)C(CC(=O)OC)C1=CC2C(=O)OC3CC(C)(O)C(C32)C12OC(=O)CC2O. The smallest absolute Gasteiger partial charge is 0.313 e. The van der Waals surface area contributed by atoms with E-state index in [0.29, 0.717) is 11.1 Å². The first-order valence-corrected chi connectivity index (χ1v) is 9.80. The number of hydrogen-bond donors (Lipinski definition) is 2. The van der Waals surface area contributed by atoms with E-state index in [1.54, 1.807) is 19.9 Å². The molecule has 0 amide bonds. The molecule has 0 bridgehead atoms. The molecular weight excluding hydrogens is 380 g/mol. The van der Waals surface area contributed by atoms with E-state index >= 15 is 0 Å². The summed E-state index contributed by atoms with van der Waals surface area (Å²) in [5.41, 5.74) is -1.89. The highest BCUT2D eigenvalue weighted by Crippen LogP contribution is 2.63. The zero-order chi connectivity index (χ0) is 21.3. The summed E-state index contributed by atoms with van der Waals surface area (Å²) in [5.74, 6) is -3.96. The van der Waals surface area contributed by atoms with Crippen LogP contribution in [0.25, 0.3) is 0 Å². The van der Waals surface area contributed by atoms with Crippen molar-refractivity contribution < 1.29 is 38.8 Å². The zero-order valence-electron chi connectivity index (χ0n) is 16.7. The van der Waals surface area contributed by atoms with Gasteiger partial charge in [-0.1, -0.05) is 18.2 Å². The molecular formula is C21H26O8. The van der Waals surface area contributed by atoms with Crippen molar-refractivity contribution in [1.82, 2.24) is 0 Å². The predicted octanol–water partition coefficient (Wildman–Crippen LogP) is 0.657. The molecule has 2 aliphatic heterocycles. The average Bonchev–Trinajstić information content (AvgIpc) is 3.17. The normalized spacial score (nSPS) is 43.5. The summed E-state index contributed by atoms with van der Waals surface area (Å²) in [6.07, 6.45) is -0.220. The maximum Gasteiger partial charge on any atom is 0.313 e. The van der Waals surface area contributed by atoms with Crippen LogP contribution in [0.3, 0.4) is 0 Å². The van der Waals surface area contributed by atoms with Crippen LogP contribution in [-0.4, -0.2) is 58.6 Å². The number of carbonyl (C=O) groups is 3. The van der Waals surface area contributed by atoms with E-state index in [0.717, 1.165) is 0 Å². The lowest BCUT2D eigenvalue weighted by atomic mass is 9.58. The molecule has 158 valence electrons. The highest BCUT2D eigenvalue weighted by molar-refractivity contribution is 5.81. The van der Waals surface area contributed by atoms with Crippen LogP contribution in [0.1, 0.15) is 33.1 Å². The van der Waals surface area contributed by atoms with Crippen LogP contribution in [0, 0.1) is 23.7 Å². The van der Waals surface area contributed by atoms with Gasteiger partial charge in [0.05, 0.1) is 31.5 Å². The van der Waals surface area contributed by atoms with E-state index in [2.05, 4.69) is 6.58 Å². The van der Waals surface area contributed by atoms with Crippen molar-refractivity contribution in [2.75, 3.05) is 7.11 Å². The molecule has 0 aromatic heterocycles. The molecule has 0 aromatic rings. The molecule has 8 atom stereocenters. The summed E-state index contributed by atoms with van der Waals surface area (Å²) in [6, 6.07) is 0. The van der Waals surface area contributed by atoms with E-state index in [9.17, 15) is 24.6 Å². The number of carbonyl (C=O) groups excluding carboxylic acids is 3. The Morgan fingerprint density at radius 3 is 2.69 bits per heavy atom. The fourth-order valence-electron chi connectivity index (χ4n) is 5.99. The van der Waals surface area contributed by atoms with Gasteiger partial charge in [0.15, 0.2) is 5.60 Å². The Morgan fingerprint density at radius 1 is 1.45 bits per heavy atom. The molecule has 29 heavy (non-hydrogen) atoms. The monoisotopic (exact) mass is 406 g/mol. The molecule has 4 rings (SSSR count). The fourth-order valence-corrected chi connectivity index (χ4v) is 5.99. The van der Waals surface area contributed by atoms with Crippen LogP contribution in [0.5, 0.6) is 0 Å². The highest BCUT2D eigenvalue weighted by Gasteiger charge is 2.73. The molecule has 1 spiro atoms. The van der Waals surface area contributed by atoms with Gasteiger partial charge in [-0.3, -0.25) is 14.4 Å². The van der Waals surface area contributed by atoms with Gasteiger partial charge >= 0.3 is 17.9 Å². The Hall–Kier alpha value is -2.19. The number of esters is 3. The number of rotatable bonds is 4. The number of hydrogen-bond acceptors (Lipinski definition) is 8. The summed E-state index contributed by atoms with van der Waals surface area (Å²) in [5, 5.41) is 22.3. The molecule has 0 radical (unpaired) electrons. The van der Waals surface area contributed by atoms with Crippen molar-refractivity contribution >= 4 is 17.9 Å². The molecule has 2 heterocycles. The standard InChI is InChI=1S/C21H26O8/c1-9(2)10(6-15(23)27-4)12-5-11-17-13(28-19(11)25)8-20(3,26)18(17)21(12)14(22)7-16(24)29-21/h5,10-11,13-14,17-18,22,26H,1,6-8H2,2-4H3. The fraction of sp³-hybridized carbons (Fsp3) is 0.667. The van der Waals surface area contributed by atoms with Crippen molar-refractivity contribution in [2.24, 2.45) is 23.7 Å². The van der Waals surface area contributed by atoms with Crippen molar-refractivity contribution in [1.29, 1.82) is 0 Å². The first kappa shape index (κ1) is 20.1. The maximum atomic E-state index is 12.5.